The van der Waals surface area contributed by atoms with Crippen LogP contribution in [-0.4, -0.2) is 0 Å². The van der Waals surface area contributed by atoms with Crippen molar-refractivity contribution < 1.29 is 0 Å². The van der Waals surface area contributed by atoms with Gasteiger partial charge in [-0.25, -0.2) is 0 Å². The van der Waals surface area contributed by atoms with E-state index in [1.54, 1.807) is 0 Å². The number of benzene rings is 2. The maximum atomic E-state index is 6.02. The lowest BCUT2D eigenvalue weighted by Gasteiger charge is -2.08. The summed E-state index contributed by atoms with van der Waals surface area (Å²) in [4.78, 5) is 0. The molecule has 0 unspecified atom stereocenters. The average Bonchev–Trinajstić information content (AvgIpc) is 2.50. The lowest BCUT2D eigenvalue weighted by atomic mass is 10.1. The Labute approximate surface area is 137 Å². The molecule has 0 radical (unpaired) electrons. The number of unbranched alkanes of at least 4 members (excludes halogenated alkanes) is 2. The molecule has 21 heavy (non-hydrogen) atoms. The minimum absolute atomic E-state index is 0.594. The smallest absolute Gasteiger partial charge is 0.0595 e. The van der Waals surface area contributed by atoms with Crippen molar-refractivity contribution in [1.82, 2.24) is 0 Å². The number of rotatable bonds is 7. The molecule has 2 rings (SSSR count). The fourth-order valence-corrected chi connectivity index (χ4v) is 2.54. The van der Waals surface area contributed by atoms with Crippen molar-refractivity contribution in [2.45, 2.75) is 39.2 Å². The van der Waals surface area contributed by atoms with E-state index in [-0.39, 0.29) is 0 Å². The summed E-state index contributed by atoms with van der Waals surface area (Å²) in [7, 11) is 0. The van der Waals surface area contributed by atoms with Crippen molar-refractivity contribution in [2.24, 2.45) is 0 Å². The highest BCUT2D eigenvalue weighted by Gasteiger charge is 2.00. The zero-order chi connectivity index (χ0) is 15.1. The van der Waals surface area contributed by atoms with E-state index >= 15 is 0 Å². The van der Waals surface area contributed by atoms with Crippen LogP contribution in [0.15, 0.2) is 42.5 Å². The normalized spacial score (nSPS) is 10.6. The first-order valence-corrected chi connectivity index (χ1v) is 8.21. The third kappa shape index (κ3) is 5.26. The van der Waals surface area contributed by atoms with Crippen LogP contribution in [0.2, 0.25) is 10.0 Å². The molecule has 1 N–H and O–H groups in total. The van der Waals surface area contributed by atoms with Gasteiger partial charge in [-0.15, -0.1) is 0 Å². The number of hydrogen-bond donors (Lipinski definition) is 1. The van der Waals surface area contributed by atoms with Gasteiger partial charge in [0.2, 0.25) is 0 Å². The SMILES string of the molecule is CCCCCc1ccc(NCc2ccc(Cl)c(Cl)c2)cc1. The summed E-state index contributed by atoms with van der Waals surface area (Å²) in [5.74, 6) is 0. The van der Waals surface area contributed by atoms with Crippen molar-refractivity contribution >= 4 is 28.9 Å². The summed E-state index contributed by atoms with van der Waals surface area (Å²) in [5.41, 5.74) is 3.65. The molecular formula is C18H21Cl2N. The summed E-state index contributed by atoms with van der Waals surface area (Å²) in [6, 6.07) is 14.4. The highest BCUT2D eigenvalue weighted by Crippen LogP contribution is 2.23. The standard InChI is InChI=1S/C18H21Cl2N/c1-2-3-4-5-14-6-9-16(10-7-14)21-13-15-8-11-17(19)18(20)12-15/h6-12,21H,2-5,13H2,1H3. The molecule has 0 aliphatic carbocycles. The van der Waals surface area contributed by atoms with Crippen LogP contribution >= 0.6 is 23.2 Å². The summed E-state index contributed by atoms with van der Waals surface area (Å²) in [6.45, 7) is 2.97. The summed E-state index contributed by atoms with van der Waals surface area (Å²) < 4.78 is 0. The lowest BCUT2D eigenvalue weighted by Crippen LogP contribution is -1.99. The zero-order valence-corrected chi connectivity index (χ0v) is 13.8. The van der Waals surface area contributed by atoms with Gasteiger partial charge in [0, 0.05) is 12.2 Å². The second-order valence-electron chi connectivity index (χ2n) is 5.26. The largest absolute Gasteiger partial charge is 0.381 e. The van der Waals surface area contributed by atoms with Gasteiger partial charge in [-0.2, -0.15) is 0 Å². The van der Waals surface area contributed by atoms with Crippen LogP contribution in [0.3, 0.4) is 0 Å². The molecule has 0 saturated carbocycles. The molecule has 0 aliphatic heterocycles. The molecule has 0 atom stereocenters. The summed E-state index contributed by atoms with van der Waals surface area (Å²) in [6.07, 6.45) is 5.01. The maximum Gasteiger partial charge on any atom is 0.0595 e. The Balaban J connectivity index is 1.86. The summed E-state index contributed by atoms with van der Waals surface area (Å²) >= 11 is 11.9. The van der Waals surface area contributed by atoms with Crippen molar-refractivity contribution in [3.8, 4) is 0 Å². The Morgan fingerprint density at radius 2 is 1.57 bits per heavy atom. The van der Waals surface area contributed by atoms with Gasteiger partial charge in [-0.05, 0) is 48.2 Å². The maximum absolute atomic E-state index is 6.02. The first kappa shape index (κ1) is 16.2. The van der Waals surface area contributed by atoms with Crippen LogP contribution in [0.1, 0.15) is 37.3 Å². The van der Waals surface area contributed by atoms with Crippen molar-refractivity contribution in [2.75, 3.05) is 5.32 Å². The van der Waals surface area contributed by atoms with Gasteiger partial charge < -0.3 is 5.32 Å². The molecule has 2 aromatic carbocycles. The molecule has 0 heterocycles. The van der Waals surface area contributed by atoms with Gasteiger partial charge in [0.05, 0.1) is 10.0 Å². The molecule has 0 aromatic heterocycles. The Morgan fingerprint density at radius 1 is 0.857 bits per heavy atom. The Kier molecular flexibility index (Phi) is 6.41. The van der Waals surface area contributed by atoms with E-state index in [1.165, 1.54) is 31.2 Å². The van der Waals surface area contributed by atoms with Crippen LogP contribution in [0.25, 0.3) is 0 Å². The molecule has 0 bridgehead atoms. The van der Waals surface area contributed by atoms with E-state index in [0.717, 1.165) is 17.8 Å². The molecule has 0 saturated heterocycles. The van der Waals surface area contributed by atoms with Crippen molar-refractivity contribution in [1.29, 1.82) is 0 Å². The van der Waals surface area contributed by atoms with Gasteiger partial charge in [0.1, 0.15) is 0 Å². The Bertz CT molecular complexity index is 564. The molecule has 0 fully saturated rings. The Morgan fingerprint density at radius 3 is 2.24 bits per heavy atom. The predicted molar refractivity (Wildman–Crippen MR) is 93.5 cm³/mol. The van der Waals surface area contributed by atoms with Crippen molar-refractivity contribution in [3.05, 3.63) is 63.6 Å². The third-order valence-corrected chi connectivity index (χ3v) is 4.24. The number of aryl methyl sites for hydroxylation is 1. The third-order valence-electron chi connectivity index (χ3n) is 3.50. The van der Waals surface area contributed by atoms with Crippen LogP contribution < -0.4 is 5.32 Å². The summed E-state index contributed by atoms with van der Waals surface area (Å²) in [5, 5.41) is 4.59. The minimum Gasteiger partial charge on any atom is -0.381 e. The molecular weight excluding hydrogens is 301 g/mol. The molecule has 3 heteroatoms. The van der Waals surface area contributed by atoms with Crippen molar-refractivity contribution in [3.63, 3.8) is 0 Å². The predicted octanol–water partition coefficient (Wildman–Crippen LogP) is 6.34. The van der Waals surface area contributed by atoms with E-state index < -0.39 is 0 Å². The highest BCUT2D eigenvalue weighted by molar-refractivity contribution is 6.42. The van der Waals surface area contributed by atoms with Crippen LogP contribution in [0.5, 0.6) is 0 Å². The number of hydrogen-bond acceptors (Lipinski definition) is 1. The van der Waals surface area contributed by atoms with E-state index in [9.17, 15) is 0 Å². The fraction of sp³-hybridized carbons (Fsp3) is 0.333. The lowest BCUT2D eigenvalue weighted by molar-refractivity contribution is 0.717. The van der Waals surface area contributed by atoms with Crippen LogP contribution in [0.4, 0.5) is 5.69 Å². The average molecular weight is 322 g/mol. The first-order chi connectivity index (χ1) is 10.2. The minimum atomic E-state index is 0.594. The highest BCUT2D eigenvalue weighted by atomic mass is 35.5. The van der Waals surface area contributed by atoms with Gasteiger partial charge >= 0.3 is 0 Å². The molecule has 112 valence electrons. The zero-order valence-electron chi connectivity index (χ0n) is 12.3. The second-order valence-corrected chi connectivity index (χ2v) is 6.07. The van der Waals surface area contributed by atoms with E-state index in [2.05, 4.69) is 36.5 Å². The molecule has 0 spiro atoms. The van der Waals surface area contributed by atoms with E-state index in [1.807, 2.05) is 18.2 Å². The number of nitrogens with one attached hydrogen (secondary N) is 1. The van der Waals surface area contributed by atoms with Gasteiger partial charge in [-0.3, -0.25) is 0 Å². The fourth-order valence-electron chi connectivity index (χ4n) is 2.22. The molecule has 0 aliphatic rings. The van der Waals surface area contributed by atoms with Gasteiger partial charge in [-0.1, -0.05) is 61.2 Å². The van der Waals surface area contributed by atoms with Gasteiger partial charge in [0.15, 0.2) is 0 Å². The van der Waals surface area contributed by atoms with E-state index in [4.69, 9.17) is 23.2 Å². The second kappa shape index (κ2) is 8.31. The number of halogens is 2. The monoisotopic (exact) mass is 321 g/mol. The first-order valence-electron chi connectivity index (χ1n) is 7.46. The molecule has 0 amide bonds. The number of anilines is 1. The molecule has 2 aromatic rings. The van der Waals surface area contributed by atoms with Crippen LogP contribution in [-0.2, 0) is 13.0 Å². The Hall–Kier alpha value is -1.18. The van der Waals surface area contributed by atoms with Gasteiger partial charge in [0.25, 0.3) is 0 Å². The topological polar surface area (TPSA) is 12.0 Å². The molecule has 1 nitrogen and oxygen atoms in total. The quantitative estimate of drug-likeness (QED) is 0.587. The van der Waals surface area contributed by atoms with E-state index in [0.29, 0.717) is 10.0 Å². The van der Waals surface area contributed by atoms with Crippen LogP contribution in [0, 0.1) is 0 Å².